The highest BCUT2D eigenvalue weighted by atomic mass is 35.5. The molecule has 1 aromatic rings. The Bertz CT molecular complexity index is 393. The van der Waals surface area contributed by atoms with Gasteiger partial charge in [0.2, 0.25) is 5.75 Å². The fraction of sp³-hybridized carbons (Fsp3) is 0.250. The number of rotatable bonds is 2. The van der Waals surface area contributed by atoms with E-state index in [0.717, 1.165) is 0 Å². The lowest BCUT2D eigenvalue weighted by molar-refractivity contribution is -0.386. The molecule has 0 aromatic heterocycles. The van der Waals surface area contributed by atoms with Crippen molar-refractivity contribution in [3.05, 3.63) is 31.8 Å². The second-order valence-corrected chi connectivity index (χ2v) is 3.42. The molecule has 0 radical (unpaired) electrons. The second kappa shape index (κ2) is 4.02. The molecule has 76 valence electrons. The number of halogens is 2. The van der Waals surface area contributed by atoms with Gasteiger partial charge in [-0.1, -0.05) is 23.2 Å². The van der Waals surface area contributed by atoms with Crippen LogP contribution in [0, 0.1) is 17.0 Å². The van der Waals surface area contributed by atoms with Crippen molar-refractivity contribution in [2.75, 3.05) is 7.11 Å². The summed E-state index contributed by atoms with van der Waals surface area (Å²) in [6, 6.07) is 1.42. The van der Waals surface area contributed by atoms with Crippen LogP contribution in [0.4, 0.5) is 5.69 Å². The van der Waals surface area contributed by atoms with Gasteiger partial charge >= 0.3 is 5.69 Å². The van der Waals surface area contributed by atoms with Gasteiger partial charge in [0.25, 0.3) is 0 Å². The monoisotopic (exact) mass is 235 g/mol. The van der Waals surface area contributed by atoms with Gasteiger partial charge in [0.15, 0.2) is 0 Å². The first kappa shape index (κ1) is 11.1. The van der Waals surface area contributed by atoms with E-state index in [9.17, 15) is 10.1 Å². The van der Waals surface area contributed by atoms with Crippen molar-refractivity contribution in [3.8, 4) is 5.75 Å². The van der Waals surface area contributed by atoms with Crippen LogP contribution in [0.5, 0.6) is 5.75 Å². The van der Waals surface area contributed by atoms with E-state index in [4.69, 9.17) is 27.9 Å². The molecule has 0 fully saturated rings. The zero-order valence-corrected chi connectivity index (χ0v) is 9.02. The van der Waals surface area contributed by atoms with E-state index in [1.54, 1.807) is 6.92 Å². The summed E-state index contributed by atoms with van der Waals surface area (Å²) in [5.41, 5.74) is 0.155. The number of ether oxygens (including phenoxy) is 1. The molecular formula is C8H7Cl2NO3. The topological polar surface area (TPSA) is 52.4 Å². The van der Waals surface area contributed by atoms with Gasteiger partial charge in [0.05, 0.1) is 22.1 Å². The smallest absolute Gasteiger partial charge is 0.316 e. The Balaban J connectivity index is 3.56. The Morgan fingerprint density at radius 1 is 1.43 bits per heavy atom. The Kier molecular flexibility index (Phi) is 3.18. The fourth-order valence-corrected chi connectivity index (χ4v) is 1.63. The van der Waals surface area contributed by atoms with Gasteiger partial charge in [-0.2, -0.15) is 0 Å². The summed E-state index contributed by atoms with van der Waals surface area (Å²) in [5, 5.41) is 11.1. The summed E-state index contributed by atoms with van der Waals surface area (Å²) in [4.78, 5) is 10.2. The van der Waals surface area contributed by atoms with E-state index in [-0.39, 0.29) is 21.5 Å². The Labute approximate surface area is 90.5 Å². The van der Waals surface area contributed by atoms with Crippen LogP contribution in [0.3, 0.4) is 0 Å². The van der Waals surface area contributed by atoms with E-state index >= 15 is 0 Å². The zero-order chi connectivity index (χ0) is 10.9. The van der Waals surface area contributed by atoms with E-state index in [1.807, 2.05) is 0 Å². The third kappa shape index (κ3) is 1.76. The van der Waals surface area contributed by atoms with Gasteiger partial charge in [0.1, 0.15) is 0 Å². The number of benzene rings is 1. The van der Waals surface area contributed by atoms with E-state index < -0.39 is 4.92 Å². The molecule has 0 aliphatic heterocycles. The highest BCUT2D eigenvalue weighted by Crippen LogP contribution is 2.40. The predicted molar refractivity (Wildman–Crippen MR) is 54.4 cm³/mol. The first-order chi connectivity index (χ1) is 6.49. The van der Waals surface area contributed by atoms with Crippen LogP contribution in [0.15, 0.2) is 6.07 Å². The van der Waals surface area contributed by atoms with Crippen molar-refractivity contribution in [1.82, 2.24) is 0 Å². The molecule has 0 spiro atoms. The molecular weight excluding hydrogens is 229 g/mol. The van der Waals surface area contributed by atoms with Crippen molar-refractivity contribution in [1.29, 1.82) is 0 Å². The molecule has 1 aromatic carbocycles. The highest BCUT2D eigenvalue weighted by Gasteiger charge is 2.23. The summed E-state index contributed by atoms with van der Waals surface area (Å²) in [5.74, 6) is 0.0403. The SMILES string of the molecule is COc1c(Cl)cc(Cl)c(C)c1[N+](=O)[O-]. The predicted octanol–water partition coefficient (Wildman–Crippen LogP) is 3.22. The quantitative estimate of drug-likeness (QED) is 0.585. The summed E-state index contributed by atoms with van der Waals surface area (Å²) >= 11 is 11.5. The van der Waals surface area contributed by atoms with Crippen LogP contribution >= 0.6 is 23.2 Å². The minimum Gasteiger partial charge on any atom is -0.489 e. The van der Waals surface area contributed by atoms with Gasteiger partial charge in [-0.3, -0.25) is 10.1 Å². The Morgan fingerprint density at radius 3 is 2.43 bits per heavy atom. The Hall–Kier alpha value is -1.00. The maximum absolute atomic E-state index is 10.7. The molecule has 0 aliphatic carbocycles. The maximum atomic E-state index is 10.7. The average molecular weight is 236 g/mol. The maximum Gasteiger partial charge on any atom is 0.316 e. The van der Waals surface area contributed by atoms with Crippen molar-refractivity contribution >= 4 is 28.9 Å². The minimum absolute atomic E-state index is 0.0403. The first-order valence-electron chi connectivity index (χ1n) is 3.66. The fourth-order valence-electron chi connectivity index (χ4n) is 1.10. The molecule has 0 atom stereocenters. The summed E-state index contributed by atoms with van der Waals surface area (Å²) < 4.78 is 4.84. The van der Waals surface area contributed by atoms with Gasteiger partial charge in [0, 0.05) is 5.56 Å². The first-order valence-corrected chi connectivity index (χ1v) is 4.41. The number of hydrogen-bond donors (Lipinski definition) is 0. The highest BCUT2D eigenvalue weighted by molar-refractivity contribution is 6.36. The van der Waals surface area contributed by atoms with E-state index in [1.165, 1.54) is 13.2 Å². The molecule has 0 amide bonds. The molecule has 1 rings (SSSR count). The number of nitro groups is 1. The largest absolute Gasteiger partial charge is 0.489 e. The number of methoxy groups -OCH3 is 1. The minimum atomic E-state index is -0.564. The molecule has 0 saturated carbocycles. The molecule has 0 aliphatic rings. The Morgan fingerprint density at radius 2 is 2.00 bits per heavy atom. The molecule has 4 nitrogen and oxygen atoms in total. The average Bonchev–Trinajstić information content (AvgIpc) is 2.10. The van der Waals surface area contributed by atoms with Crippen LogP contribution in [-0.2, 0) is 0 Å². The molecule has 0 N–H and O–H groups in total. The van der Waals surface area contributed by atoms with Crippen molar-refractivity contribution < 1.29 is 9.66 Å². The van der Waals surface area contributed by atoms with Crippen molar-refractivity contribution in [2.45, 2.75) is 6.92 Å². The van der Waals surface area contributed by atoms with E-state index in [2.05, 4.69) is 0 Å². The van der Waals surface area contributed by atoms with Crippen LogP contribution in [0.1, 0.15) is 5.56 Å². The zero-order valence-electron chi connectivity index (χ0n) is 7.51. The lowest BCUT2D eigenvalue weighted by atomic mass is 10.2. The summed E-state index contributed by atoms with van der Waals surface area (Å²) in [6.07, 6.45) is 0. The molecule has 0 unspecified atom stereocenters. The second-order valence-electron chi connectivity index (χ2n) is 2.60. The van der Waals surface area contributed by atoms with E-state index in [0.29, 0.717) is 5.56 Å². The standard InChI is InChI=1S/C8H7Cl2NO3/c1-4-5(9)3-6(10)8(14-2)7(4)11(12)13/h3H,1-2H3. The van der Waals surface area contributed by atoms with Crippen molar-refractivity contribution in [3.63, 3.8) is 0 Å². The number of hydrogen-bond acceptors (Lipinski definition) is 3. The molecule has 0 heterocycles. The van der Waals surface area contributed by atoms with Crippen LogP contribution in [0.25, 0.3) is 0 Å². The third-order valence-electron chi connectivity index (χ3n) is 1.79. The molecule has 0 saturated heterocycles. The molecule has 6 heteroatoms. The van der Waals surface area contributed by atoms with Crippen LogP contribution in [-0.4, -0.2) is 12.0 Å². The lowest BCUT2D eigenvalue weighted by Crippen LogP contribution is -1.97. The van der Waals surface area contributed by atoms with Gasteiger partial charge < -0.3 is 4.74 Å². The number of nitro benzene ring substituents is 1. The normalized spacial score (nSPS) is 10.0. The number of nitrogens with zero attached hydrogens (tertiary/aromatic N) is 1. The summed E-state index contributed by atoms with van der Waals surface area (Å²) in [6.45, 7) is 1.54. The van der Waals surface area contributed by atoms with Crippen LogP contribution < -0.4 is 4.74 Å². The van der Waals surface area contributed by atoms with Crippen LogP contribution in [0.2, 0.25) is 10.0 Å². The summed E-state index contributed by atoms with van der Waals surface area (Å²) in [7, 11) is 1.32. The van der Waals surface area contributed by atoms with Gasteiger partial charge in [-0.15, -0.1) is 0 Å². The van der Waals surface area contributed by atoms with Gasteiger partial charge in [-0.25, -0.2) is 0 Å². The lowest BCUT2D eigenvalue weighted by Gasteiger charge is -2.07. The van der Waals surface area contributed by atoms with Crippen molar-refractivity contribution in [2.24, 2.45) is 0 Å². The molecule has 14 heavy (non-hydrogen) atoms. The van der Waals surface area contributed by atoms with Gasteiger partial charge in [-0.05, 0) is 13.0 Å². The molecule has 0 bridgehead atoms. The third-order valence-corrected chi connectivity index (χ3v) is 2.46.